The Kier molecular flexibility index (Phi) is 20.2. The molecule has 7 atom stereocenters. The first-order chi connectivity index (χ1) is 22.7. The van der Waals surface area contributed by atoms with Crippen molar-refractivity contribution < 1.29 is 58.5 Å². The number of amides is 7. The van der Waals surface area contributed by atoms with Crippen LogP contribution < -0.4 is 43.4 Å². The van der Waals surface area contributed by atoms with E-state index in [0.717, 1.165) is 0 Å². The lowest BCUT2D eigenvalue weighted by atomic mass is 10.0. The van der Waals surface area contributed by atoms with Crippen LogP contribution in [0.4, 0.5) is 0 Å². The van der Waals surface area contributed by atoms with Crippen molar-refractivity contribution in [1.82, 2.24) is 31.9 Å². The Morgan fingerprint density at radius 3 is 1.61 bits per heavy atom. The molecule has 49 heavy (non-hydrogen) atoms. The summed E-state index contributed by atoms with van der Waals surface area (Å²) in [5.41, 5.74) is 10.7. The van der Waals surface area contributed by atoms with E-state index < -0.39 is 115 Å². The molecule has 0 aliphatic rings. The minimum Gasteiger partial charge on any atom is -0.481 e. The highest BCUT2D eigenvalue weighted by Gasteiger charge is 2.33. The lowest BCUT2D eigenvalue weighted by Gasteiger charge is -2.26. The summed E-state index contributed by atoms with van der Waals surface area (Å²) in [4.78, 5) is 110. The number of rotatable bonds is 23. The molecule has 0 unspecified atom stereocenters. The molecule has 278 valence electrons. The second-order valence-corrected chi connectivity index (χ2v) is 12.4. The van der Waals surface area contributed by atoms with Gasteiger partial charge in [0.05, 0.1) is 19.1 Å². The van der Waals surface area contributed by atoms with Crippen LogP contribution in [0.3, 0.4) is 0 Å². The van der Waals surface area contributed by atoms with Crippen molar-refractivity contribution in [3.05, 3.63) is 0 Å². The number of thioether (sulfide) groups is 1. The number of carbonyl (C=O) groups is 9. The molecule has 13 N–H and O–H groups in total. The highest BCUT2D eigenvalue weighted by Crippen LogP contribution is 2.06. The van der Waals surface area contributed by atoms with Gasteiger partial charge in [0.2, 0.25) is 41.4 Å². The topological polar surface area (TPSA) is 339 Å². The lowest BCUT2D eigenvalue weighted by Crippen LogP contribution is -2.59. The van der Waals surface area contributed by atoms with E-state index in [1.807, 2.05) is 0 Å². The Morgan fingerprint density at radius 2 is 1.14 bits per heavy atom. The SMILES string of the molecule is CSCC[C@H](NC(=O)[C@H](CC(=O)O)NC(=O)[C@@H](N)CCC(N)=O)C(=O)N[C@@H](C)C(=O)N[C@@H](C)C(=O)N[C@H](C(=O)N[C@@H](CO)C(=O)O)C(C)C. The molecule has 0 rings (SSSR count). The molecule has 21 heteroatoms. The largest absolute Gasteiger partial charge is 0.481 e. The van der Waals surface area contributed by atoms with Crippen molar-refractivity contribution in [1.29, 1.82) is 0 Å². The van der Waals surface area contributed by atoms with Crippen LogP contribution in [0.25, 0.3) is 0 Å². The van der Waals surface area contributed by atoms with Gasteiger partial charge in [-0.2, -0.15) is 11.8 Å². The summed E-state index contributed by atoms with van der Waals surface area (Å²) in [6.45, 7) is 4.85. The number of aliphatic hydroxyl groups is 1. The number of carboxylic acids is 2. The van der Waals surface area contributed by atoms with E-state index in [1.165, 1.54) is 25.6 Å². The van der Waals surface area contributed by atoms with Crippen molar-refractivity contribution >= 4 is 65.1 Å². The lowest BCUT2D eigenvalue weighted by molar-refractivity contribution is -0.143. The van der Waals surface area contributed by atoms with Crippen molar-refractivity contribution in [3.8, 4) is 0 Å². The number of carbonyl (C=O) groups excluding carboxylic acids is 7. The summed E-state index contributed by atoms with van der Waals surface area (Å²) in [7, 11) is 0. The van der Waals surface area contributed by atoms with Crippen LogP contribution >= 0.6 is 11.8 Å². The van der Waals surface area contributed by atoms with Gasteiger partial charge < -0.3 is 58.7 Å². The van der Waals surface area contributed by atoms with E-state index in [1.54, 1.807) is 20.1 Å². The fraction of sp³-hybridized carbons (Fsp3) is 0.679. The van der Waals surface area contributed by atoms with Crippen LogP contribution in [0.5, 0.6) is 0 Å². The van der Waals surface area contributed by atoms with Crippen LogP contribution in [0.1, 0.15) is 53.4 Å². The molecular weight excluding hydrogens is 672 g/mol. The molecule has 0 saturated carbocycles. The summed E-state index contributed by atoms with van der Waals surface area (Å²) >= 11 is 1.32. The number of aliphatic hydroxyl groups excluding tert-OH is 1. The van der Waals surface area contributed by atoms with E-state index in [0.29, 0.717) is 5.75 Å². The first-order valence-electron chi connectivity index (χ1n) is 15.2. The zero-order valence-electron chi connectivity index (χ0n) is 27.9. The third kappa shape index (κ3) is 16.9. The van der Waals surface area contributed by atoms with Crippen molar-refractivity contribution in [2.24, 2.45) is 17.4 Å². The fourth-order valence-electron chi connectivity index (χ4n) is 3.91. The molecule has 0 radical (unpaired) electrons. The van der Waals surface area contributed by atoms with Crippen LogP contribution in [0.15, 0.2) is 0 Å². The third-order valence-corrected chi connectivity index (χ3v) is 7.49. The van der Waals surface area contributed by atoms with E-state index in [2.05, 4.69) is 31.9 Å². The van der Waals surface area contributed by atoms with Gasteiger partial charge in [-0.3, -0.25) is 38.4 Å². The molecule has 0 aliphatic heterocycles. The van der Waals surface area contributed by atoms with E-state index in [9.17, 15) is 48.3 Å². The van der Waals surface area contributed by atoms with Gasteiger partial charge in [0.25, 0.3) is 0 Å². The summed E-state index contributed by atoms with van der Waals surface area (Å²) in [6.07, 6.45) is 0.510. The highest BCUT2D eigenvalue weighted by molar-refractivity contribution is 7.98. The maximum atomic E-state index is 13.1. The quantitative estimate of drug-likeness (QED) is 0.0474. The second-order valence-electron chi connectivity index (χ2n) is 11.4. The first kappa shape index (κ1) is 44.5. The molecule has 0 spiro atoms. The Morgan fingerprint density at radius 1 is 0.653 bits per heavy atom. The van der Waals surface area contributed by atoms with Crippen LogP contribution in [-0.4, -0.2) is 130 Å². The number of aliphatic carboxylic acids is 2. The van der Waals surface area contributed by atoms with E-state index in [4.69, 9.17) is 21.7 Å². The van der Waals surface area contributed by atoms with Gasteiger partial charge in [0.15, 0.2) is 0 Å². The average molecular weight is 721 g/mol. The predicted octanol–water partition coefficient (Wildman–Crippen LogP) is -4.51. The minimum absolute atomic E-state index is 0.0371. The Bertz CT molecular complexity index is 1220. The van der Waals surface area contributed by atoms with Crippen molar-refractivity contribution in [2.45, 2.75) is 95.7 Å². The molecule has 0 fully saturated rings. The molecule has 0 heterocycles. The normalized spacial score (nSPS) is 15.2. The molecule has 0 bridgehead atoms. The van der Waals surface area contributed by atoms with Gasteiger partial charge >= 0.3 is 11.9 Å². The average Bonchev–Trinajstić information content (AvgIpc) is 3.01. The Balaban J connectivity index is 5.54. The minimum atomic E-state index is -1.65. The molecule has 0 aliphatic carbocycles. The van der Waals surface area contributed by atoms with E-state index >= 15 is 0 Å². The predicted molar refractivity (Wildman–Crippen MR) is 174 cm³/mol. The molecular formula is C28H48N8O12S. The summed E-state index contributed by atoms with van der Waals surface area (Å²) in [5, 5.41) is 41.4. The van der Waals surface area contributed by atoms with Gasteiger partial charge in [-0.15, -0.1) is 0 Å². The Labute approximate surface area is 287 Å². The molecule has 20 nitrogen and oxygen atoms in total. The molecule has 7 amide bonds. The van der Waals surface area contributed by atoms with E-state index in [-0.39, 0.29) is 19.3 Å². The molecule has 0 aromatic carbocycles. The number of hydrogen-bond donors (Lipinski definition) is 11. The maximum Gasteiger partial charge on any atom is 0.328 e. The number of nitrogens with two attached hydrogens (primary N) is 2. The fourth-order valence-corrected chi connectivity index (χ4v) is 4.38. The number of hydrogen-bond acceptors (Lipinski definition) is 12. The first-order valence-corrected chi connectivity index (χ1v) is 16.5. The third-order valence-electron chi connectivity index (χ3n) is 6.84. The van der Waals surface area contributed by atoms with Crippen molar-refractivity contribution in [2.75, 3.05) is 18.6 Å². The number of nitrogens with one attached hydrogen (secondary N) is 6. The summed E-state index contributed by atoms with van der Waals surface area (Å²) in [5.74, 6) is -9.14. The second kappa shape index (κ2) is 22.2. The van der Waals surface area contributed by atoms with Crippen LogP contribution in [-0.2, 0) is 43.2 Å². The number of primary amides is 1. The van der Waals surface area contributed by atoms with Gasteiger partial charge in [0, 0.05) is 6.42 Å². The highest BCUT2D eigenvalue weighted by atomic mass is 32.2. The molecule has 0 aromatic heterocycles. The molecule has 0 saturated heterocycles. The van der Waals surface area contributed by atoms with Gasteiger partial charge in [-0.05, 0) is 44.6 Å². The Hall–Kier alpha value is -4.50. The van der Waals surface area contributed by atoms with Crippen molar-refractivity contribution in [3.63, 3.8) is 0 Å². The van der Waals surface area contributed by atoms with Gasteiger partial charge in [-0.1, -0.05) is 13.8 Å². The zero-order chi connectivity index (χ0) is 38.0. The smallest absolute Gasteiger partial charge is 0.328 e. The van der Waals surface area contributed by atoms with Crippen LogP contribution in [0.2, 0.25) is 0 Å². The van der Waals surface area contributed by atoms with Gasteiger partial charge in [-0.25, -0.2) is 4.79 Å². The maximum absolute atomic E-state index is 13.1. The summed E-state index contributed by atoms with van der Waals surface area (Å²) in [6, 6.07) is -9.54. The molecule has 0 aromatic rings. The summed E-state index contributed by atoms with van der Waals surface area (Å²) < 4.78 is 0. The number of carboxylic acid groups (broad SMARTS) is 2. The van der Waals surface area contributed by atoms with Gasteiger partial charge in [0.1, 0.15) is 36.3 Å². The standard InChI is InChI=1S/C28H48N8O12S/c1-12(2)21(27(46)35-18(11-37)28(47)48)36-23(42)14(4)31-22(41)13(3)32-25(44)16(8-9-49-5)33-26(45)17(10-20(39)40)34-24(43)15(29)6-7-19(30)38/h12-18,21,37H,6-11,29H2,1-5H3,(H2,30,38)(H,31,41)(H,32,44)(H,33,45)(H,34,43)(H,35,46)(H,36,42)(H,39,40)(H,47,48)/t13-,14-,15-,16-,17-,18-,21-/m0/s1. The van der Waals surface area contributed by atoms with Crippen LogP contribution in [0, 0.1) is 5.92 Å². The monoisotopic (exact) mass is 720 g/mol. The zero-order valence-corrected chi connectivity index (χ0v) is 28.8.